The Kier molecular flexibility index (Phi) is 8.87. The number of carbonyl (C=O) groups excluding carboxylic acids is 1. The van der Waals surface area contributed by atoms with Crippen molar-refractivity contribution < 1.29 is 17.6 Å². The average molecular weight is 541 g/mol. The first-order valence-corrected chi connectivity index (χ1v) is 13.5. The van der Waals surface area contributed by atoms with Crippen molar-refractivity contribution >= 4 is 55.0 Å². The Balaban J connectivity index is 0.00000342. The fraction of sp³-hybridized carbons (Fsp3) is 0.417. The predicted octanol–water partition coefficient (Wildman–Crippen LogP) is 4.16. The Morgan fingerprint density at radius 3 is 2.40 bits per heavy atom. The summed E-state index contributed by atoms with van der Waals surface area (Å²) in [6, 6.07) is 10.9. The van der Waals surface area contributed by atoms with Crippen LogP contribution in [-0.2, 0) is 14.8 Å². The Bertz CT molecular complexity index is 1270. The minimum Gasteiger partial charge on any atom is -0.308 e. The summed E-state index contributed by atoms with van der Waals surface area (Å²) in [5.74, 6) is -0.780. The highest BCUT2D eigenvalue weighted by atomic mass is 35.5. The van der Waals surface area contributed by atoms with Crippen molar-refractivity contribution in [2.75, 3.05) is 45.2 Å². The first-order valence-electron chi connectivity index (χ1n) is 11.2. The number of nitrogens with zero attached hydrogens (tertiary/aromatic N) is 4. The number of aryl methyl sites for hydroxylation is 1. The number of anilines is 1. The molecule has 7 nitrogen and oxygen atoms in total. The number of rotatable bonds is 7. The van der Waals surface area contributed by atoms with Gasteiger partial charge in [0.1, 0.15) is 5.82 Å². The van der Waals surface area contributed by atoms with E-state index in [4.69, 9.17) is 4.98 Å². The van der Waals surface area contributed by atoms with Gasteiger partial charge in [0.05, 0.1) is 15.1 Å². The van der Waals surface area contributed by atoms with Gasteiger partial charge in [-0.3, -0.25) is 9.69 Å². The Morgan fingerprint density at radius 1 is 1.11 bits per heavy atom. The van der Waals surface area contributed by atoms with E-state index in [1.807, 2.05) is 38.1 Å². The van der Waals surface area contributed by atoms with Crippen LogP contribution in [0.15, 0.2) is 47.4 Å². The van der Waals surface area contributed by atoms with Gasteiger partial charge in [-0.25, -0.2) is 17.8 Å². The molecular weight excluding hydrogens is 511 g/mol. The van der Waals surface area contributed by atoms with Gasteiger partial charge in [0.25, 0.3) is 0 Å². The molecule has 3 aromatic rings. The molecule has 0 spiro atoms. The first-order chi connectivity index (χ1) is 16.1. The Morgan fingerprint density at radius 2 is 1.77 bits per heavy atom. The fourth-order valence-corrected chi connectivity index (χ4v) is 6.62. The average Bonchev–Trinajstić information content (AvgIpc) is 3.22. The van der Waals surface area contributed by atoms with Crippen molar-refractivity contribution in [1.82, 2.24) is 14.2 Å². The highest BCUT2D eigenvalue weighted by Crippen LogP contribution is 2.32. The lowest BCUT2D eigenvalue weighted by molar-refractivity contribution is -0.123. The van der Waals surface area contributed by atoms with Crippen molar-refractivity contribution in [3.63, 3.8) is 0 Å². The molecule has 0 bridgehead atoms. The van der Waals surface area contributed by atoms with Gasteiger partial charge in [0, 0.05) is 32.1 Å². The van der Waals surface area contributed by atoms with Crippen LogP contribution in [0, 0.1) is 18.7 Å². The molecule has 0 saturated carbocycles. The number of piperidine rings is 1. The summed E-state index contributed by atoms with van der Waals surface area (Å²) >= 11 is 1.51. The summed E-state index contributed by atoms with van der Waals surface area (Å²) in [5, 5.41) is 0.675. The zero-order valence-electron chi connectivity index (χ0n) is 20.0. The van der Waals surface area contributed by atoms with E-state index in [1.54, 1.807) is 4.90 Å². The lowest BCUT2D eigenvalue weighted by Gasteiger charge is -2.33. The summed E-state index contributed by atoms with van der Waals surface area (Å²) in [4.78, 5) is 22.1. The topological polar surface area (TPSA) is 73.8 Å². The SMILES string of the molecule is Cc1ccc2nc(N(CCN(C)C)C(=O)C3CCN(S(=O)(=O)c4ccc(F)cc4)CC3)sc2c1.Cl. The fourth-order valence-electron chi connectivity index (χ4n) is 4.05. The van der Waals surface area contributed by atoms with Gasteiger partial charge in [-0.05, 0) is 75.8 Å². The van der Waals surface area contributed by atoms with Gasteiger partial charge in [-0.1, -0.05) is 17.4 Å². The number of sulfonamides is 1. The molecule has 0 radical (unpaired) electrons. The van der Waals surface area contributed by atoms with E-state index >= 15 is 0 Å². The lowest BCUT2D eigenvalue weighted by Crippen LogP contribution is -2.46. The number of hydrogen-bond acceptors (Lipinski definition) is 6. The number of likely N-dealkylation sites (N-methyl/N-ethyl adjacent to an activating group) is 1. The first kappa shape index (κ1) is 27.5. The molecule has 1 aliphatic rings. The maximum atomic E-state index is 13.6. The van der Waals surface area contributed by atoms with Crippen LogP contribution >= 0.6 is 23.7 Å². The van der Waals surface area contributed by atoms with Gasteiger partial charge in [-0.2, -0.15) is 4.31 Å². The second-order valence-electron chi connectivity index (χ2n) is 8.89. The largest absolute Gasteiger partial charge is 0.308 e. The third-order valence-electron chi connectivity index (χ3n) is 6.05. The molecule has 0 N–H and O–H groups in total. The molecule has 1 amide bonds. The van der Waals surface area contributed by atoms with Crippen molar-refractivity contribution in [2.24, 2.45) is 5.92 Å². The summed E-state index contributed by atoms with van der Waals surface area (Å²) in [5.41, 5.74) is 2.01. The molecule has 2 heterocycles. The van der Waals surface area contributed by atoms with Crippen molar-refractivity contribution in [2.45, 2.75) is 24.7 Å². The smallest absolute Gasteiger partial charge is 0.243 e. The Labute approximate surface area is 216 Å². The molecule has 1 aromatic heterocycles. The Hall–Kier alpha value is -2.11. The van der Waals surface area contributed by atoms with Crippen LogP contribution < -0.4 is 4.90 Å². The van der Waals surface area contributed by atoms with Crippen LogP contribution in [0.5, 0.6) is 0 Å². The van der Waals surface area contributed by atoms with Crippen molar-refractivity contribution in [3.8, 4) is 0 Å². The van der Waals surface area contributed by atoms with Crippen molar-refractivity contribution in [1.29, 1.82) is 0 Å². The summed E-state index contributed by atoms with van der Waals surface area (Å²) < 4.78 is 41.5. The second-order valence-corrected chi connectivity index (χ2v) is 11.8. The minimum absolute atomic E-state index is 0. The van der Waals surface area contributed by atoms with E-state index in [-0.39, 0.29) is 42.2 Å². The zero-order valence-corrected chi connectivity index (χ0v) is 22.4. The standard InChI is InChI=1S/C24H29FN4O3S2.ClH/c1-17-4-9-21-22(16-17)33-24(26-21)29(15-14-27(2)3)23(30)18-10-12-28(13-11-18)34(31,32)20-7-5-19(25)6-8-20;/h4-9,16,18H,10-15H2,1-3H3;1H. The summed E-state index contributed by atoms with van der Waals surface area (Å²) in [7, 11) is 0.205. The number of amides is 1. The monoisotopic (exact) mass is 540 g/mol. The summed E-state index contributed by atoms with van der Waals surface area (Å²) in [6.07, 6.45) is 0.865. The van der Waals surface area contributed by atoms with Crippen LogP contribution in [0.3, 0.4) is 0 Å². The number of halogens is 2. The maximum Gasteiger partial charge on any atom is 0.243 e. The normalized spacial score (nSPS) is 15.3. The molecule has 1 saturated heterocycles. The third-order valence-corrected chi connectivity index (χ3v) is 9.01. The number of hydrogen-bond donors (Lipinski definition) is 0. The van der Waals surface area contributed by atoms with E-state index in [1.165, 1.54) is 27.8 Å². The molecule has 0 atom stereocenters. The van der Waals surface area contributed by atoms with E-state index in [0.29, 0.717) is 31.1 Å². The number of thiazole rings is 1. The molecule has 1 aliphatic heterocycles. The number of fused-ring (bicyclic) bond motifs is 1. The van der Waals surface area contributed by atoms with E-state index in [2.05, 4.69) is 6.07 Å². The third kappa shape index (κ3) is 6.18. The molecule has 0 aliphatic carbocycles. The second kappa shape index (κ2) is 11.3. The number of benzene rings is 2. The minimum atomic E-state index is -3.72. The highest BCUT2D eigenvalue weighted by Gasteiger charge is 2.35. The molecule has 35 heavy (non-hydrogen) atoms. The van der Waals surface area contributed by atoms with E-state index in [0.717, 1.165) is 27.9 Å². The predicted molar refractivity (Wildman–Crippen MR) is 140 cm³/mol. The van der Waals surface area contributed by atoms with Crippen LogP contribution in [0.2, 0.25) is 0 Å². The van der Waals surface area contributed by atoms with Gasteiger partial charge in [-0.15, -0.1) is 12.4 Å². The van der Waals surface area contributed by atoms with Gasteiger partial charge in [0.2, 0.25) is 15.9 Å². The molecule has 1 fully saturated rings. The van der Waals surface area contributed by atoms with Gasteiger partial charge in [0.15, 0.2) is 5.13 Å². The molecule has 2 aromatic carbocycles. The molecular formula is C24H30ClFN4O3S2. The number of carbonyl (C=O) groups is 1. The van der Waals surface area contributed by atoms with E-state index < -0.39 is 15.8 Å². The zero-order chi connectivity index (χ0) is 24.5. The van der Waals surface area contributed by atoms with E-state index in [9.17, 15) is 17.6 Å². The highest BCUT2D eigenvalue weighted by molar-refractivity contribution is 7.89. The summed E-state index contributed by atoms with van der Waals surface area (Å²) in [6.45, 7) is 3.73. The van der Waals surface area contributed by atoms with Gasteiger partial charge >= 0.3 is 0 Å². The maximum absolute atomic E-state index is 13.6. The molecule has 11 heteroatoms. The number of aromatic nitrogens is 1. The van der Waals surface area contributed by atoms with Crippen LogP contribution in [0.4, 0.5) is 9.52 Å². The van der Waals surface area contributed by atoms with Crippen LogP contribution in [-0.4, -0.2) is 68.8 Å². The quantitative estimate of drug-likeness (QED) is 0.450. The van der Waals surface area contributed by atoms with Crippen molar-refractivity contribution in [3.05, 3.63) is 53.8 Å². The lowest BCUT2D eigenvalue weighted by atomic mass is 9.96. The molecule has 4 rings (SSSR count). The molecule has 190 valence electrons. The van der Waals surface area contributed by atoms with Crippen LogP contribution in [0.1, 0.15) is 18.4 Å². The molecule has 0 unspecified atom stereocenters. The van der Waals surface area contributed by atoms with Crippen LogP contribution in [0.25, 0.3) is 10.2 Å². The van der Waals surface area contributed by atoms with Gasteiger partial charge < -0.3 is 4.90 Å².